The zero-order valence-electron chi connectivity index (χ0n) is 25.9. The fraction of sp³-hybridized carbons (Fsp3) is 0.250. The Labute approximate surface area is 261 Å². The molecule has 0 bridgehead atoms. The average molecular weight is 603 g/mol. The van der Waals surface area contributed by atoms with E-state index in [1.165, 1.54) is 29.2 Å². The van der Waals surface area contributed by atoms with Crippen LogP contribution in [0.25, 0.3) is 0 Å². The SMILES string of the molecule is CO[C@@H]1Cc2ccccc2N1C(=O)c1cc(C)c(C)cc1[N+](=O)[O-].Cc1cc2c(cc1C)C(=O)N1c3ccccc3C[C@H]1C=N2. The van der Waals surface area contributed by atoms with E-state index < -0.39 is 17.1 Å². The summed E-state index contributed by atoms with van der Waals surface area (Å²) in [6.07, 6.45) is 2.86. The second kappa shape index (κ2) is 11.7. The maximum absolute atomic E-state index is 13.1. The van der Waals surface area contributed by atoms with E-state index in [1.807, 2.05) is 79.6 Å². The Bertz CT molecular complexity index is 1900. The zero-order valence-corrected chi connectivity index (χ0v) is 25.9. The Morgan fingerprint density at radius 2 is 1.47 bits per heavy atom. The number of nitro benzene ring substituents is 1. The van der Waals surface area contributed by atoms with Crippen LogP contribution in [0, 0.1) is 37.8 Å². The van der Waals surface area contributed by atoms with Crippen molar-refractivity contribution in [3.05, 3.63) is 127 Å². The van der Waals surface area contributed by atoms with Crippen LogP contribution in [-0.2, 0) is 17.6 Å². The van der Waals surface area contributed by atoms with E-state index in [0.29, 0.717) is 12.0 Å². The van der Waals surface area contributed by atoms with Gasteiger partial charge in [-0.1, -0.05) is 36.4 Å². The smallest absolute Gasteiger partial charge is 0.282 e. The Morgan fingerprint density at radius 1 is 0.867 bits per heavy atom. The van der Waals surface area contributed by atoms with Crippen molar-refractivity contribution >= 4 is 40.8 Å². The second-order valence-corrected chi connectivity index (χ2v) is 11.7. The molecule has 3 heterocycles. The first kappa shape index (κ1) is 29.9. The van der Waals surface area contributed by atoms with Crippen LogP contribution in [0.1, 0.15) is 54.1 Å². The highest BCUT2D eigenvalue weighted by atomic mass is 16.6. The molecule has 0 spiro atoms. The third-order valence-electron chi connectivity index (χ3n) is 8.92. The minimum absolute atomic E-state index is 0.0305. The maximum atomic E-state index is 13.1. The normalized spacial score (nSPS) is 17.5. The summed E-state index contributed by atoms with van der Waals surface area (Å²) >= 11 is 0. The largest absolute Gasteiger partial charge is 0.361 e. The zero-order chi connectivity index (χ0) is 32.0. The molecule has 3 aliphatic heterocycles. The summed E-state index contributed by atoms with van der Waals surface area (Å²) in [5.74, 6) is -0.359. The summed E-state index contributed by atoms with van der Waals surface area (Å²) < 4.78 is 5.44. The van der Waals surface area contributed by atoms with Gasteiger partial charge in [-0.15, -0.1) is 0 Å². The van der Waals surface area contributed by atoms with E-state index in [2.05, 4.69) is 18.0 Å². The molecule has 0 aromatic heterocycles. The van der Waals surface area contributed by atoms with Gasteiger partial charge in [0.15, 0.2) is 0 Å². The van der Waals surface area contributed by atoms with E-state index in [1.54, 1.807) is 13.0 Å². The number of carbonyl (C=O) groups excluding carboxylic acids is 2. The Kier molecular flexibility index (Phi) is 7.80. The van der Waals surface area contributed by atoms with Crippen molar-refractivity contribution < 1.29 is 19.2 Å². The highest BCUT2D eigenvalue weighted by Gasteiger charge is 2.38. The molecule has 2 atom stereocenters. The molecule has 0 fully saturated rings. The first-order valence-corrected chi connectivity index (χ1v) is 14.9. The van der Waals surface area contributed by atoms with Gasteiger partial charge in [0.1, 0.15) is 11.8 Å². The quantitative estimate of drug-likeness (QED) is 0.186. The summed E-state index contributed by atoms with van der Waals surface area (Å²) in [6, 6.07) is 22.7. The average Bonchev–Trinajstić information content (AvgIpc) is 3.56. The Balaban J connectivity index is 0.000000160. The van der Waals surface area contributed by atoms with E-state index in [0.717, 1.165) is 45.7 Å². The Hall–Kier alpha value is -5.15. The van der Waals surface area contributed by atoms with Gasteiger partial charge in [-0.25, -0.2) is 0 Å². The van der Waals surface area contributed by atoms with Gasteiger partial charge in [-0.05, 0) is 91.4 Å². The first-order valence-electron chi connectivity index (χ1n) is 14.9. The van der Waals surface area contributed by atoms with Gasteiger partial charge in [-0.3, -0.25) is 34.5 Å². The molecular weight excluding hydrogens is 568 g/mol. The number of benzene rings is 4. The minimum Gasteiger partial charge on any atom is -0.361 e. The number of ether oxygens (including phenoxy) is 1. The number of fused-ring (bicyclic) bond motifs is 5. The lowest BCUT2D eigenvalue weighted by molar-refractivity contribution is -0.385. The van der Waals surface area contributed by atoms with Crippen molar-refractivity contribution in [3.63, 3.8) is 0 Å². The predicted octanol–water partition coefficient (Wildman–Crippen LogP) is 6.98. The number of amides is 2. The molecule has 45 heavy (non-hydrogen) atoms. The summed E-state index contributed by atoms with van der Waals surface area (Å²) in [6.45, 7) is 7.71. The molecule has 4 aromatic carbocycles. The number of rotatable bonds is 3. The van der Waals surface area contributed by atoms with Crippen LogP contribution in [0.5, 0.6) is 0 Å². The van der Waals surface area contributed by atoms with Crippen LogP contribution >= 0.6 is 0 Å². The number of aliphatic imine (C=N–C) groups is 1. The predicted molar refractivity (Wildman–Crippen MR) is 175 cm³/mol. The molecule has 9 heteroatoms. The van der Waals surface area contributed by atoms with Gasteiger partial charge in [0.05, 0.1) is 27.9 Å². The van der Waals surface area contributed by atoms with Crippen molar-refractivity contribution in [2.75, 3.05) is 16.9 Å². The lowest BCUT2D eigenvalue weighted by Crippen LogP contribution is -2.39. The van der Waals surface area contributed by atoms with E-state index in [-0.39, 0.29) is 23.2 Å². The molecule has 0 saturated carbocycles. The van der Waals surface area contributed by atoms with Crippen LogP contribution in [0.4, 0.5) is 22.7 Å². The third kappa shape index (κ3) is 5.29. The molecule has 0 unspecified atom stereocenters. The summed E-state index contributed by atoms with van der Waals surface area (Å²) in [4.78, 5) is 45.0. The molecule has 4 aromatic rings. The molecule has 2 amide bonds. The van der Waals surface area contributed by atoms with Gasteiger partial charge < -0.3 is 4.74 Å². The molecular formula is C36H34N4O5. The second-order valence-electron chi connectivity index (χ2n) is 11.7. The molecule has 9 nitrogen and oxygen atoms in total. The maximum Gasteiger partial charge on any atom is 0.282 e. The van der Waals surface area contributed by atoms with Crippen molar-refractivity contribution in [3.8, 4) is 0 Å². The van der Waals surface area contributed by atoms with Crippen LogP contribution in [0.2, 0.25) is 0 Å². The van der Waals surface area contributed by atoms with Crippen LogP contribution in [-0.4, -0.2) is 42.3 Å². The van der Waals surface area contributed by atoms with Gasteiger partial charge in [0, 0.05) is 37.9 Å². The molecule has 0 aliphatic carbocycles. The van der Waals surface area contributed by atoms with Crippen LogP contribution in [0.15, 0.2) is 77.8 Å². The number of nitrogens with zero attached hydrogens (tertiary/aromatic N) is 4. The molecule has 0 radical (unpaired) electrons. The van der Waals surface area contributed by atoms with Gasteiger partial charge in [0.25, 0.3) is 17.5 Å². The van der Waals surface area contributed by atoms with Gasteiger partial charge >= 0.3 is 0 Å². The number of nitro groups is 1. The third-order valence-corrected chi connectivity index (χ3v) is 8.92. The first-order chi connectivity index (χ1) is 21.6. The Morgan fingerprint density at radius 3 is 2.16 bits per heavy atom. The van der Waals surface area contributed by atoms with E-state index in [9.17, 15) is 19.7 Å². The minimum atomic E-state index is -0.510. The lowest BCUT2D eigenvalue weighted by atomic mass is 10.0. The van der Waals surface area contributed by atoms with Crippen molar-refractivity contribution in [2.24, 2.45) is 4.99 Å². The number of para-hydroxylation sites is 2. The number of methoxy groups -OCH3 is 1. The van der Waals surface area contributed by atoms with Crippen molar-refractivity contribution in [1.82, 2.24) is 0 Å². The van der Waals surface area contributed by atoms with Crippen LogP contribution < -0.4 is 9.80 Å². The van der Waals surface area contributed by atoms with E-state index >= 15 is 0 Å². The number of carbonyl (C=O) groups is 2. The topological polar surface area (TPSA) is 105 Å². The van der Waals surface area contributed by atoms with Gasteiger partial charge in [0.2, 0.25) is 0 Å². The summed E-state index contributed by atoms with van der Waals surface area (Å²) in [5.41, 5.74) is 9.27. The number of aryl methyl sites for hydroxylation is 4. The van der Waals surface area contributed by atoms with Crippen molar-refractivity contribution in [1.29, 1.82) is 0 Å². The highest BCUT2D eigenvalue weighted by Crippen LogP contribution is 2.38. The fourth-order valence-corrected chi connectivity index (χ4v) is 6.20. The standard InChI is InChI=1S/C18H18N2O4.C18H16N2O/c1-11-8-14(16(20(22)23)9-12(11)2)18(21)19-15-7-5-4-6-13(15)10-17(19)24-3;1-11-7-15-16(8-12(11)2)19-10-14-9-13-5-3-4-6-17(13)20(14)18(15)21/h4-9,17H,10H2,1-3H3;3-8,10,14H,9H2,1-2H3/t17-;14-/m10/s1. The monoisotopic (exact) mass is 602 g/mol. The summed E-state index contributed by atoms with van der Waals surface area (Å²) in [7, 11) is 1.53. The van der Waals surface area contributed by atoms with Crippen LogP contribution in [0.3, 0.4) is 0 Å². The molecule has 0 saturated heterocycles. The fourth-order valence-electron chi connectivity index (χ4n) is 6.20. The lowest BCUT2D eigenvalue weighted by Gasteiger charge is -2.24. The number of hydrogen-bond acceptors (Lipinski definition) is 6. The number of hydrogen-bond donors (Lipinski definition) is 0. The molecule has 228 valence electrons. The summed E-state index contributed by atoms with van der Waals surface area (Å²) in [5, 5.41) is 11.4. The molecule has 0 N–H and O–H groups in total. The molecule has 7 rings (SSSR count). The van der Waals surface area contributed by atoms with Crippen molar-refractivity contribution in [2.45, 2.75) is 52.8 Å². The molecule has 3 aliphatic rings. The van der Waals surface area contributed by atoms with Gasteiger partial charge in [-0.2, -0.15) is 0 Å². The van der Waals surface area contributed by atoms with E-state index in [4.69, 9.17) is 4.74 Å². The number of anilines is 2. The highest BCUT2D eigenvalue weighted by molar-refractivity contribution is 6.14.